The van der Waals surface area contributed by atoms with Gasteiger partial charge in [0.15, 0.2) is 11.6 Å². The smallest absolute Gasteiger partial charge is 0.337 e. The molecular formula is C30H30F2N2O4. The van der Waals surface area contributed by atoms with Gasteiger partial charge < -0.3 is 19.7 Å². The average Bonchev–Trinajstić information content (AvgIpc) is 3.22. The second-order valence-corrected chi connectivity index (χ2v) is 10.0. The molecule has 0 aromatic heterocycles. The normalized spacial score (nSPS) is 16.7. The number of anilines is 1. The van der Waals surface area contributed by atoms with Crippen molar-refractivity contribution in [3.05, 3.63) is 100 Å². The average molecular weight is 521 g/mol. The molecule has 3 aromatic rings. The molecule has 38 heavy (non-hydrogen) atoms. The molecule has 0 aliphatic carbocycles. The van der Waals surface area contributed by atoms with Crippen molar-refractivity contribution in [1.82, 2.24) is 5.32 Å². The first-order chi connectivity index (χ1) is 18.3. The van der Waals surface area contributed by atoms with Crippen molar-refractivity contribution >= 4 is 17.6 Å². The number of hydrogen-bond donors (Lipinski definition) is 1. The van der Waals surface area contributed by atoms with Crippen molar-refractivity contribution in [1.29, 1.82) is 0 Å². The Hall–Kier alpha value is -3.78. The number of rotatable bonds is 6. The lowest BCUT2D eigenvalue weighted by atomic mass is 9.75. The van der Waals surface area contributed by atoms with Gasteiger partial charge in [-0.05, 0) is 66.8 Å². The molecule has 1 saturated heterocycles. The van der Waals surface area contributed by atoms with Crippen LogP contribution in [0.3, 0.4) is 0 Å². The number of benzene rings is 3. The minimum absolute atomic E-state index is 0.169. The zero-order chi connectivity index (χ0) is 26.9. The molecule has 0 radical (unpaired) electrons. The molecule has 2 heterocycles. The molecule has 2 aliphatic heterocycles. The predicted octanol–water partition coefficient (Wildman–Crippen LogP) is 5.31. The molecule has 0 saturated carbocycles. The van der Waals surface area contributed by atoms with Crippen LogP contribution in [0.4, 0.5) is 14.5 Å². The van der Waals surface area contributed by atoms with Crippen molar-refractivity contribution in [3.8, 4) is 0 Å². The highest BCUT2D eigenvalue weighted by Crippen LogP contribution is 2.48. The molecule has 1 fully saturated rings. The summed E-state index contributed by atoms with van der Waals surface area (Å²) in [5, 5.41) is 3.08. The number of methoxy groups -OCH3 is 1. The Morgan fingerprint density at radius 3 is 2.47 bits per heavy atom. The van der Waals surface area contributed by atoms with E-state index in [0.717, 1.165) is 35.7 Å². The van der Waals surface area contributed by atoms with Crippen LogP contribution in [0.15, 0.2) is 60.7 Å². The number of carbonyl (C=O) groups excluding carboxylic acids is 2. The molecule has 3 aromatic carbocycles. The fraction of sp³-hybridized carbons (Fsp3) is 0.333. The van der Waals surface area contributed by atoms with E-state index in [0.29, 0.717) is 43.0 Å². The van der Waals surface area contributed by atoms with Crippen LogP contribution in [-0.4, -0.2) is 38.7 Å². The lowest BCUT2D eigenvalue weighted by Gasteiger charge is -2.34. The second-order valence-electron chi connectivity index (χ2n) is 10.0. The van der Waals surface area contributed by atoms with Gasteiger partial charge in [0, 0.05) is 31.7 Å². The maximum atomic E-state index is 14.0. The summed E-state index contributed by atoms with van der Waals surface area (Å²) in [7, 11) is 1.33. The first kappa shape index (κ1) is 25.9. The van der Waals surface area contributed by atoms with E-state index >= 15 is 0 Å². The van der Waals surface area contributed by atoms with Crippen LogP contribution >= 0.6 is 0 Å². The molecule has 8 heteroatoms. The van der Waals surface area contributed by atoms with E-state index in [1.165, 1.54) is 13.2 Å². The zero-order valence-electron chi connectivity index (χ0n) is 21.4. The first-order valence-corrected chi connectivity index (χ1v) is 12.7. The SMILES string of the molecule is COC(=O)c1ccc([C@H](C)NC(=O)c2cccc3c2N(Cc2ccc(F)c(F)c2)CC32CCOCC2)cc1. The third-order valence-electron chi connectivity index (χ3n) is 7.65. The Kier molecular flexibility index (Phi) is 7.17. The highest BCUT2D eigenvalue weighted by atomic mass is 19.2. The van der Waals surface area contributed by atoms with Gasteiger partial charge in [0.25, 0.3) is 5.91 Å². The predicted molar refractivity (Wildman–Crippen MR) is 139 cm³/mol. The summed E-state index contributed by atoms with van der Waals surface area (Å²) in [5.41, 5.74) is 4.19. The lowest BCUT2D eigenvalue weighted by Crippen LogP contribution is -2.38. The van der Waals surface area contributed by atoms with Crippen LogP contribution in [0.2, 0.25) is 0 Å². The van der Waals surface area contributed by atoms with Gasteiger partial charge in [-0.1, -0.05) is 30.3 Å². The summed E-state index contributed by atoms with van der Waals surface area (Å²) in [4.78, 5) is 27.5. The summed E-state index contributed by atoms with van der Waals surface area (Å²) < 4.78 is 38.0. The van der Waals surface area contributed by atoms with Crippen LogP contribution in [0.1, 0.15) is 63.2 Å². The Morgan fingerprint density at radius 2 is 1.79 bits per heavy atom. The quantitative estimate of drug-likeness (QED) is 0.446. The van der Waals surface area contributed by atoms with Crippen molar-refractivity contribution < 1.29 is 27.8 Å². The molecular weight excluding hydrogens is 490 g/mol. The number of hydrogen-bond acceptors (Lipinski definition) is 5. The fourth-order valence-electron chi connectivity index (χ4n) is 5.59. The monoisotopic (exact) mass is 520 g/mol. The Bertz CT molecular complexity index is 1350. The summed E-state index contributed by atoms with van der Waals surface area (Å²) in [6, 6.07) is 16.3. The van der Waals surface area contributed by atoms with Gasteiger partial charge >= 0.3 is 5.97 Å². The number of para-hydroxylation sites is 1. The van der Waals surface area contributed by atoms with Gasteiger partial charge in [0.1, 0.15) is 0 Å². The number of amides is 1. The highest BCUT2D eigenvalue weighted by molar-refractivity contribution is 6.01. The summed E-state index contributed by atoms with van der Waals surface area (Å²) in [5.74, 6) is -2.42. The number of nitrogens with one attached hydrogen (secondary N) is 1. The van der Waals surface area contributed by atoms with Crippen molar-refractivity contribution in [2.24, 2.45) is 0 Å². The summed E-state index contributed by atoms with van der Waals surface area (Å²) >= 11 is 0. The topological polar surface area (TPSA) is 67.9 Å². The molecule has 0 unspecified atom stereocenters. The minimum Gasteiger partial charge on any atom is -0.465 e. The van der Waals surface area contributed by atoms with E-state index in [2.05, 4.69) is 16.3 Å². The van der Waals surface area contributed by atoms with Crippen molar-refractivity contribution in [3.63, 3.8) is 0 Å². The highest BCUT2D eigenvalue weighted by Gasteiger charge is 2.45. The molecule has 5 rings (SSSR count). The lowest BCUT2D eigenvalue weighted by molar-refractivity contribution is 0.0552. The van der Waals surface area contributed by atoms with E-state index in [4.69, 9.17) is 9.47 Å². The van der Waals surface area contributed by atoms with E-state index in [1.54, 1.807) is 36.4 Å². The van der Waals surface area contributed by atoms with E-state index < -0.39 is 17.6 Å². The van der Waals surface area contributed by atoms with Gasteiger partial charge in [-0.3, -0.25) is 4.79 Å². The molecule has 1 N–H and O–H groups in total. The van der Waals surface area contributed by atoms with Crippen LogP contribution in [-0.2, 0) is 21.4 Å². The Morgan fingerprint density at radius 1 is 1.05 bits per heavy atom. The third kappa shape index (κ3) is 4.88. The Balaban J connectivity index is 1.45. The van der Waals surface area contributed by atoms with Gasteiger partial charge in [-0.2, -0.15) is 0 Å². The standard InChI is InChI=1S/C30H30F2N2O4/c1-19(21-7-9-22(10-8-21)29(36)37-2)33-28(35)23-4-3-5-24-27(23)34(18-30(24)12-14-38-15-13-30)17-20-6-11-25(31)26(32)16-20/h3-11,16,19H,12-15,17-18H2,1-2H3,(H,33,35)/t19-/m0/s1. The van der Waals surface area contributed by atoms with Gasteiger partial charge in [0.2, 0.25) is 0 Å². The number of fused-ring (bicyclic) bond motifs is 2. The van der Waals surface area contributed by atoms with E-state index in [-0.39, 0.29) is 17.4 Å². The molecule has 6 nitrogen and oxygen atoms in total. The zero-order valence-corrected chi connectivity index (χ0v) is 21.4. The number of esters is 1. The van der Waals surface area contributed by atoms with Crippen LogP contribution < -0.4 is 10.2 Å². The van der Waals surface area contributed by atoms with E-state index in [1.807, 2.05) is 13.0 Å². The summed E-state index contributed by atoms with van der Waals surface area (Å²) in [6.07, 6.45) is 1.64. The molecule has 2 aliphatic rings. The maximum absolute atomic E-state index is 14.0. The van der Waals surface area contributed by atoms with Crippen molar-refractivity contribution in [2.75, 3.05) is 31.8 Å². The first-order valence-electron chi connectivity index (χ1n) is 12.7. The number of carbonyl (C=O) groups is 2. The minimum atomic E-state index is -0.888. The van der Waals surface area contributed by atoms with Gasteiger partial charge in [0.05, 0.1) is 30.0 Å². The fourth-order valence-corrected chi connectivity index (χ4v) is 5.59. The molecule has 1 atom stereocenters. The number of halogens is 2. The van der Waals surface area contributed by atoms with Gasteiger partial charge in [-0.15, -0.1) is 0 Å². The number of ether oxygens (including phenoxy) is 2. The van der Waals surface area contributed by atoms with Crippen molar-refractivity contribution in [2.45, 2.75) is 37.8 Å². The van der Waals surface area contributed by atoms with Crippen LogP contribution in [0.25, 0.3) is 0 Å². The summed E-state index contributed by atoms with van der Waals surface area (Å²) in [6.45, 7) is 4.16. The molecule has 1 spiro atoms. The third-order valence-corrected chi connectivity index (χ3v) is 7.65. The van der Waals surface area contributed by atoms with E-state index in [9.17, 15) is 18.4 Å². The molecule has 198 valence electrons. The molecule has 0 bridgehead atoms. The second kappa shape index (κ2) is 10.5. The Labute approximate surface area is 220 Å². The maximum Gasteiger partial charge on any atom is 0.337 e. The van der Waals surface area contributed by atoms with Crippen LogP contribution in [0, 0.1) is 11.6 Å². The van der Waals surface area contributed by atoms with Gasteiger partial charge in [-0.25, -0.2) is 13.6 Å². The van der Waals surface area contributed by atoms with Crippen LogP contribution in [0.5, 0.6) is 0 Å². The number of nitrogens with zero attached hydrogens (tertiary/aromatic N) is 1. The molecule has 1 amide bonds. The largest absolute Gasteiger partial charge is 0.465 e.